The maximum atomic E-state index is 11.9. The van der Waals surface area contributed by atoms with Crippen LogP contribution < -0.4 is 0 Å². The lowest BCUT2D eigenvalue weighted by Gasteiger charge is -2.12. The van der Waals surface area contributed by atoms with Crippen molar-refractivity contribution in [2.75, 3.05) is 12.8 Å². The van der Waals surface area contributed by atoms with Crippen molar-refractivity contribution in [3.63, 3.8) is 0 Å². The van der Waals surface area contributed by atoms with E-state index < -0.39 is 7.60 Å². The van der Waals surface area contributed by atoms with E-state index in [1.807, 2.05) is 0 Å². The Labute approximate surface area is 177 Å². The van der Waals surface area contributed by atoms with Crippen LogP contribution in [0.5, 0.6) is 0 Å². The molecular formula is C24H51O3P. The third kappa shape index (κ3) is 22.4. The summed E-state index contributed by atoms with van der Waals surface area (Å²) in [4.78, 5) is 9.82. The van der Waals surface area contributed by atoms with Gasteiger partial charge in [-0.05, 0) is 12.8 Å². The SMILES string of the molecule is CCCCCCCCCCCCCCCCCCP(=O)(O)OCCCCCC. The van der Waals surface area contributed by atoms with Crippen molar-refractivity contribution in [2.45, 2.75) is 142 Å². The zero-order valence-corrected chi connectivity index (χ0v) is 20.2. The Bertz CT molecular complexity index is 347. The minimum atomic E-state index is -3.33. The van der Waals surface area contributed by atoms with Gasteiger partial charge in [0.25, 0.3) is 0 Å². The molecule has 3 nitrogen and oxygen atoms in total. The summed E-state index contributed by atoms with van der Waals surface area (Å²) < 4.78 is 17.1. The van der Waals surface area contributed by atoms with Crippen molar-refractivity contribution in [1.29, 1.82) is 0 Å². The van der Waals surface area contributed by atoms with Crippen molar-refractivity contribution in [3.05, 3.63) is 0 Å². The van der Waals surface area contributed by atoms with Gasteiger partial charge in [-0.3, -0.25) is 4.57 Å². The van der Waals surface area contributed by atoms with Crippen LogP contribution in [-0.2, 0) is 9.09 Å². The maximum Gasteiger partial charge on any atom is 0.328 e. The molecule has 0 fully saturated rings. The lowest BCUT2D eigenvalue weighted by atomic mass is 10.0. The van der Waals surface area contributed by atoms with Crippen molar-refractivity contribution >= 4 is 7.60 Å². The Balaban J connectivity index is 3.23. The Morgan fingerprint density at radius 3 is 1.25 bits per heavy atom. The molecule has 0 saturated carbocycles. The summed E-state index contributed by atoms with van der Waals surface area (Å²) in [5.41, 5.74) is 0. The van der Waals surface area contributed by atoms with E-state index in [9.17, 15) is 9.46 Å². The van der Waals surface area contributed by atoms with Crippen LogP contribution >= 0.6 is 7.60 Å². The van der Waals surface area contributed by atoms with Crippen molar-refractivity contribution in [1.82, 2.24) is 0 Å². The molecule has 0 aromatic heterocycles. The molecule has 1 atom stereocenters. The molecule has 0 aliphatic heterocycles. The van der Waals surface area contributed by atoms with Crippen molar-refractivity contribution < 1.29 is 14.0 Å². The van der Waals surface area contributed by atoms with E-state index in [1.54, 1.807) is 0 Å². The summed E-state index contributed by atoms with van der Waals surface area (Å²) in [6, 6.07) is 0. The van der Waals surface area contributed by atoms with E-state index in [2.05, 4.69) is 13.8 Å². The summed E-state index contributed by atoms with van der Waals surface area (Å²) in [6.45, 7) is 4.88. The zero-order chi connectivity index (χ0) is 20.8. The minimum absolute atomic E-state index is 0.333. The Hall–Kier alpha value is 0.150. The van der Waals surface area contributed by atoms with Crippen LogP contribution in [-0.4, -0.2) is 17.7 Å². The molecule has 0 aromatic carbocycles. The average Bonchev–Trinajstić information content (AvgIpc) is 2.67. The van der Waals surface area contributed by atoms with Gasteiger partial charge in [0.1, 0.15) is 0 Å². The summed E-state index contributed by atoms with van der Waals surface area (Å²) in [6.07, 6.45) is 25.8. The first-order chi connectivity index (χ1) is 13.6. The standard InChI is InChI=1S/C24H51O3P/c1-3-5-7-9-10-11-12-13-14-15-16-17-18-19-20-22-24-28(25,26)27-23-21-8-6-4-2/h3-24H2,1-2H3,(H,25,26). The molecule has 4 heteroatoms. The average molecular weight is 419 g/mol. The Morgan fingerprint density at radius 1 is 0.536 bits per heavy atom. The molecule has 0 spiro atoms. The second-order valence-corrected chi connectivity index (χ2v) is 10.5. The van der Waals surface area contributed by atoms with Crippen LogP contribution in [0.25, 0.3) is 0 Å². The second kappa shape index (κ2) is 21.8. The molecule has 0 amide bonds. The van der Waals surface area contributed by atoms with Crippen LogP contribution in [0.3, 0.4) is 0 Å². The Morgan fingerprint density at radius 2 is 0.857 bits per heavy atom. The number of unbranched alkanes of at least 4 members (excludes halogenated alkanes) is 18. The molecule has 0 aliphatic carbocycles. The molecule has 0 bridgehead atoms. The predicted molar refractivity (Wildman–Crippen MR) is 124 cm³/mol. The van der Waals surface area contributed by atoms with E-state index in [4.69, 9.17) is 4.52 Å². The largest absolute Gasteiger partial charge is 0.328 e. The quantitative estimate of drug-likeness (QED) is 0.133. The highest BCUT2D eigenvalue weighted by Crippen LogP contribution is 2.43. The molecule has 0 aliphatic rings. The highest BCUT2D eigenvalue weighted by atomic mass is 31.2. The smallest absolute Gasteiger partial charge is 0.324 e. The number of hydrogen-bond donors (Lipinski definition) is 1. The fraction of sp³-hybridized carbons (Fsp3) is 1.00. The van der Waals surface area contributed by atoms with Gasteiger partial charge in [-0.2, -0.15) is 0 Å². The lowest BCUT2D eigenvalue weighted by molar-refractivity contribution is 0.252. The summed E-state index contributed by atoms with van der Waals surface area (Å²) >= 11 is 0. The first-order valence-electron chi connectivity index (χ1n) is 12.6. The molecule has 0 heterocycles. The van der Waals surface area contributed by atoms with Crippen LogP contribution in [0.1, 0.15) is 142 Å². The van der Waals surface area contributed by atoms with E-state index in [0.717, 1.165) is 25.7 Å². The van der Waals surface area contributed by atoms with Gasteiger partial charge in [0.2, 0.25) is 0 Å². The summed E-state index contributed by atoms with van der Waals surface area (Å²) in [5, 5.41) is 0. The molecular weight excluding hydrogens is 367 g/mol. The highest BCUT2D eigenvalue weighted by molar-refractivity contribution is 7.52. The van der Waals surface area contributed by atoms with E-state index >= 15 is 0 Å². The van der Waals surface area contributed by atoms with Crippen molar-refractivity contribution in [2.24, 2.45) is 0 Å². The third-order valence-corrected chi connectivity index (χ3v) is 7.05. The first kappa shape index (κ1) is 28.1. The molecule has 0 aromatic rings. The monoisotopic (exact) mass is 418 g/mol. The molecule has 0 radical (unpaired) electrons. The highest BCUT2D eigenvalue weighted by Gasteiger charge is 2.17. The zero-order valence-electron chi connectivity index (χ0n) is 19.3. The van der Waals surface area contributed by atoms with Crippen LogP contribution in [0.15, 0.2) is 0 Å². The van der Waals surface area contributed by atoms with E-state index in [-0.39, 0.29) is 0 Å². The van der Waals surface area contributed by atoms with Gasteiger partial charge in [-0.15, -0.1) is 0 Å². The van der Waals surface area contributed by atoms with Gasteiger partial charge < -0.3 is 9.42 Å². The number of rotatable bonds is 23. The van der Waals surface area contributed by atoms with Crippen LogP contribution in [0, 0.1) is 0 Å². The predicted octanol–water partition coefficient (Wildman–Crippen LogP) is 9.03. The molecule has 170 valence electrons. The van der Waals surface area contributed by atoms with E-state index in [1.165, 1.54) is 103 Å². The van der Waals surface area contributed by atoms with Gasteiger partial charge in [-0.1, -0.05) is 129 Å². The van der Waals surface area contributed by atoms with Gasteiger partial charge in [0.05, 0.1) is 6.61 Å². The minimum Gasteiger partial charge on any atom is -0.324 e. The summed E-state index contributed by atoms with van der Waals surface area (Å²) in [5.74, 6) is 0. The topological polar surface area (TPSA) is 46.5 Å². The molecule has 0 saturated heterocycles. The molecule has 1 N–H and O–H groups in total. The van der Waals surface area contributed by atoms with E-state index in [0.29, 0.717) is 12.8 Å². The van der Waals surface area contributed by atoms with Gasteiger partial charge in [-0.25, -0.2) is 0 Å². The molecule has 0 rings (SSSR count). The second-order valence-electron chi connectivity index (χ2n) is 8.56. The van der Waals surface area contributed by atoms with Gasteiger partial charge >= 0.3 is 7.60 Å². The van der Waals surface area contributed by atoms with Crippen molar-refractivity contribution in [3.8, 4) is 0 Å². The fourth-order valence-corrected chi connectivity index (χ4v) is 4.83. The molecule has 1 unspecified atom stereocenters. The lowest BCUT2D eigenvalue weighted by Crippen LogP contribution is -1.97. The first-order valence-corrected chi connectivity index (χ1v) is 14.3. The van der Waals surface area contributed by atoms with Crippen LogP contribution in [0.2, 0.25) is 0 Å². The molecule has 28 heavy (non-hydrogen) atoms. The van der Waals surface area contributed by atoms with Gasteiger partial charge in [0, 0.05) is 6.16 Å². The fourth-order valence-electron chi connectivity index (χ4n) is 3.66. The maximum absolute atomic E-state index is 11.9. The summed E-state index contributed by atoms with van der Waals surface area (Å²) in [7, 11) is -3.33. The Kier molecular flexibility index (Phi) is 22.0. The van der Waals surface area contributed by atoms with Gasteiger partial charge in [0.15, 0.2) is 0 Å². The normalized spacial score (nSPS) is 13.7. The van der Waals surface area contributed by atoms with Crippen LogP contribution in [0.4, 0.5) is 0 Å². The number of hydrogen-bond acceptors (Lipinski definition) is 2. The third-order valence-electron chi connectivity index (χ3n) is 5.59.